The molecule has 1 saturated heterocycles. The topological polar surface area (TPSA) is 27.1 Å². The van der Waals surface area contributed by atoms with Gasteiger partial charge in [-0.05, 0) is 39.0 Å². The van der Waals surface area contributed by atoms with Crippen LogP contribution >= 0.6 is 11.6 Å². The molecule has 0 aliphatic carbocycles. The number of alkyl halides is 1. The Bertz CT molecular complexity index is 397. The molecule has 1 aliphatic heterocycles. The monoisotopic (exact) mass is 270 g/mol. The lowest BCUT2D eigenvalue weighted by molar-refractivity contribution is 0.0599. The van der Waals surface area contributed by atoms with E-state index in [1.54, 1.807) is 0 Å². The van der Waals surface area contributed by atoms with Gasteiger partial charge in [-0.15, -0.1) is 11.6 Å². The Labute approximate surface area is 114 Å². The van der Waals surface area contributed by atoms with Crippen molar-refractivity contribution in [3.05, 3.63) is 17.0 Å². The maximum Gasteiger partial charge on any atom is 0.0643 e. The molecule has 0 radical (unpaired) electrons. The van der Waals surface area contributed by atoms with Gasteiger partial charge in [-0.2, -0.15) is 5.10 Å². The highest BCUT2D eigenvalue weighted by Gasteiger charge is 2.20. The van der Waals surface area contributed by atoms with E-state index in [0.29, 0.717) is 5.92 Å². The molecule has 0 amide bonds. The molecule has 1 atom stereocenters. The van der Waals surface area contributed by atoms with Crippen LogP contribution in [0.15, 0.2) is 0 Å². The van der Waals surface area contributed by atoms with Gasteiger partial charge in [0, 0.05) is 31.0 Å². The molecule has 4 heteroatoms. The quantitative estimate of drug-likeness (QED) is 0.782. The van der Waals surface area contributed by atoms with Crippen molar-refractivity contribution >= 4 is 11.6 Å². The van der Waals surface area contributed by atoms with Gasteiger partial charge < -0.3 is 4.74 Å². The molecular formula is C14H23ClN2O. The smallest absolute Gasteiger partial charge is 0.0643 e. The third-order valence-electron chi connectivity index (χ3n) is 3.88. The summed E-state index contributed by atoms with van der Waals surface area (Å²) in [7, 11) is 0. The second kappa shape index (κ2) is 6.07. The summed E-state index contributed by atoms with van der Waals surface area (Å²) in [6, 6.07) is 0. The molecule has 2 rings (SSSR count). The number of ether oxygens (including phenoxy) is 1. The van der Waals surface area contributed by atoms with Gasteiger partial charge >= 0.3 is 0 Å². The number of aryl methyl sites for hydroxylation is 1. The molecule has 0 spiro atoms. The van der Waals surface area contributed by atoms with Crippen LogP contribution in [0.5, 0.6) is 0 Å². The zero-order chi connectivity index (χ0) is 13.1. The van der Waals surface area contributed by atoms with Gasteiger partial charge in [0.25, 0.3) is 0 Å². The third kappa shape index (κ3) is 2.89. The Kier molecular flexibility index (Phi) is 4.68. The van der Waals surface area contributed by atoms with Crippen molar-refractivity contribution in [2.45, 2.75) is 52.0 Å². The maximum absolute atomic E-state index is 6.38. The van der Waals surface area contributed by atoms with Gasteiger partial charge in [0.15, 0.2) is 0 Å². The molecule has 102 valence electrons. The fourth-order valence-electron chi connectivity index (χ4n) is 2.72. The van der Waals surface area contributed by atoms with Crippen LogP contribution in [0, 0.1) is 19.8 Å². The van der Waals surface area contributed by atoms with Crippen LogP contribution in [0.3, 0.4) is 0 Å². The van der Waals surface area contributed by atoms with E-state index in [4.69, 9.17) is 16.3 Å². The molecule has 1 aromatic heterocycles. The van der Waals surface area contributed by atoms with Crippen molar-refractivity contribution in [2.75, 3.05) is 13.2 Å². The van der Waals surface area contributed by atoms with Gasteiger partial charge in [0.05, 0.1) is 11.1 Å². The molecule has 1 aliphatic rings. The summed E-state index contributed by atoms with van der Waals surface area (Å²) in [4.78, 5) is 0. The van der Waals surface area contributed by atoms with E-state index in [1.807, 2.05) is 0 Å². The summed E-state index contributed by atoms with van der Waals surface area (Å²) in [6.07, 6.45) is 3.24. The Morgan fingerprint density at radius 1 is 1.39 bits per heavy atom. The molecule has 0 saturated carbocycles. The average molecular weight is 271 g/mol. The Morgan fingerprint density at radius 3 is 2.67 bits per heavy atom. The van der Waals surface area contributed by atoms with Gasteiger partial charge in [0.2, 0.25) is 0 Å². The first-order valence-electron chi connectivity index (χ1n) is 6.89. The summed E-state index contributed by atoms with van der Waals surface area (Å²) in [5.41, 5.74) is 3.55. The van der Waals surface area contributed by atoms with Crippen LogP contribution in [0.2, 0.25) is 0 Å². The van der Waals surface area contributed by atoms with Gasteiger partial charge in [-0.25, -0.2) is 0 Å². The van der Waals surface area contributed by atoms with E-state index in [-0.39, 0.29) is 5.38 Å². The summed E-state index contributed by atoms with van der Waals surface area (Å²) >= 11 is 6.38. The van der Waals surface area contributed by atoms with Crippen LogP contribution in [0.1, 0.15) is 48.5 Å². The fourth-order valence-corrected chi connectivity index (χ4v) is 3.04. The minimum Gasteiger partial charge on any atom is -0.381 e. The second-order valence-electron chi connectivity index (χ2n) is 5.20. The zero-order valence-electron chi connectivity index (χ0n) is 11.6. The van der Waals surface area contributed by atoms with Crippen molar-refractivity contribution in [1.29, 1.82) is 0 Å². The summed E-state index contributed by atoms with van der Waals surface area (Å²) in [6.45, 7) is 9.11. The molecule has 2 heterocycles. The van der Waals surface area contributed by atoms with E-state index >= 15 is 0 Å². The molecule has 1 unspecified atom stereocenters. The lowest BCUT2D eigenvalue weighted by Crippen LogP contribution is -2.21. The first-order valence-corrected chi connectivity index (χ1v) is 7.32. The first kappa shape index (κ1) is 13.9. The fraction of sp³-hybridized carbons (Fsp3) is 0.786. The van der Waals surface area contributed by atoms with E-state index in [9.17, 15) is 0 Å². The van der Waals surface area contributed by atoms with Crippen molar-refractivity contribution in [2.24, 2.45) is 5.92 Å². The van der Waals surface area contributed by atoms with Crippen LogP contribution in [0.25, 0.3) is 0 Å². The molecule has 0 aromatic carbocycles. The Hall–Kier alpha value is -0.540. The number of halogens is 1. The highest BCUT2D eigenvalue weighted by Crippen LogP contribution is 2.30. The predicted molar refractivity (Wildman–Crippen MR) is 74.1 cm³/mol. The molecule has 0 N–H and O–H groups in total. The van der Waals surface area contributed by atoms with Crippen LogP contribution in [-0.4, -0.2) is 23.0 Å². The Morgan fingerprint density at radius 2 is 2.06 bits per heavy atom. The number of nitrogens with zero attached hydrogens (tertiary/aromatic N) is 2. The first-order chi connectivity index (χ1) is 8.63. The average Bonchev–Trinajstić information content (AvgIpc) is 2.65. The van der Waals surface area contributed by atoms with Gasteiger partial charge in [-0.1, -0.05) is 6.92 Å². The molecule has 0 bridgehead atoms. The Balaban J connectivity index is 2.13. The number of rotatable bonds is 4. The van der Waals surface area contributed by atoms with Crippen LogP contribution in [0.4, 0.5) is 0 Å². The van der Waals surface area contributed by atoms with Crippen molar-refractivity contribution in [1.82, 2.24) is 9.78 Å². The molecule has 18 heavy (non-hydrogen) atoms. The van der Waals surface area contributed by atoms with Crippen molar-refractivity contribution in [3.63, 3.8) is 0 Å². The zero-order valence-corrected chi connectivity index (χ0v) is 12.3. The molecule has 3 nitrogen and oxygen atoms in total. The molecule has 1 aromatic rings. The molecule has 1 fully saturated rings. The summed E-state index contributed by atoms with van der Waals surface area (Å²) in [5.74, 6) is 0.694. The number of hydrogen-bond acceptors (Lipinski definition) is 2. The normalized spacial score (nSPS) is 19.1. The van der Waals surface area contributed by atoms with E-state index in [1.165, 1.54) is 11.3 Å². The summed E-state index contributed by atoms with van der Waals surface area (Å²) < 4.78 is 7.55. The van der Waals surface area contributed by atoms with Crippen LogP contribution < -0.4 is 0 Å². The highest BCUT2D eigenvalue weighted by atomic mass is 35.5. The van der Waals surface area contributed by atoms with Crippen LogP contribution in [-0.2, 0) is 11.3 Å². The predicted octanol–water partition coefficient (Wildman–Crippen LogP) is 3.62. The van der Waals surface area contributed by atoms with Crippen molar-refractivity contribution < 1.29 is 4.74 Å². The van der Waals surface area contributed by atoms with Gasteiger partial charge in [0.1, 0.15) is 0 Å². The summed E-state index contributed by atoms with van der Waals surface area (Å²) in [5, 5.41) is 4.76. The van der Waals surface area contributed by atoms with Gasteiger partial charge in [-0.3, -0.25) is 4.68 Å². The second-order valence-corrected chi connectivity index (χ2v) is 5.72. The maximum atomic E-state index is 6.38. The van der Waals surface area contributed by atoms with E-state index < -0.39 is 0 Å². The molecular weight excluding hydrogens is 248 g/mol. The minimum absolute atomic E-state index is 0.0911. The standard InChI is InChI=1S/C14H23ClN2O/c1-4-13(15)14-10(2)16-17(11(14)3)9-12-5-7-18-8-6-12/h12-13H,4-9H2,1-3H3. The minimum atomic E-state index is 0.0911. The SMILES string of the molecule is CCC(Cl)c1c(C)nn(CC2CCOCC2)c1C. The third-order valence-corrected chi connectivity index (χ3v) is 4.41. The highest BCUT2D eigenvalue weighted by molar-refractivity contribution is 6.20. The van der Waals surface area contributed by atoms with E-state index in [2.05, 4.69) is 30.6 Å². The van der Waals surface area contributed by atoms with Crippen molar-refractivity contribution in [3.8, 4) is 0 Å². The number of aromatic nitrogens is 2. The lowest BCUT2D eigenvalue weighted by atomic mass is 10.0. The van der Waals surface area contributed by atoms with E-state index in [0.717, 1.165) is 44.7 Å². The number of hydrogen-bond donors (Lipinski definition) is 0. The lowest BCUT2D eigenvalue weighted by Gasteiger charge is -2.22. The largest absolute Gasteiger partial charge is 0.381 e.